The van der Waals surface area contributed by atoms with Crippen molar-refractivity contribution < 1.29 is 37.4 Å². The summed E-state index contributed by atoms with van der Waals surface area (Å²) in [5, 5.41) is 13.5. The number of aliphatic hydroxyl groups is 1. The number of aromatic nitrogens is 4. The average Bonchev–Trinajstić information content (AvgIpc) is 3.45. The van der Waals surface area contributed by atoms with Crippen LogP contribution in [0.5, 0.6) is 5.75 Å². The van der Waals surface area contributed by atoms with E-state index in [4.69, 9.17) is 30.7 Å². The quantitative estimate of drug-likeness (QED) is 0.128. The van der Waals surface area contributed by atoms with Gasteiger partial charge in [-0.25, -0.2) is 9.55 Å². The molecule has 0 radical (unpaired) electrons. The minimum absolute atomic E-state index is 0.0272. The van der Waals surface area contributed by atoms with Crippen LogP contribution in [0.3, 0.4) is 0 Å². The lowest BCUT2D eigenvalue weighted by molar-refractivity contribution is -0.149. The minimum Gasteiger partial charge on any atom is -0.462 e. The molecule has 3 aromatic rings. The molecule has 1 aromatic carbocycles. The van der Waals surface area contributed by atoms with Gasteiger partial charge in [0.2, 0.25) is 0 Å². The first kappa shape index (κ1) is 29.9. The van der Waals surface area contributed by atoms with Crippen molar-refractivity contribution in [3.05, 3.63) is 41.1 Å². The maximum atomic E-state index is 13.9. The number of anilines is 1. The molecule has 1 fully saturated rings. The maximum absolute atomic E-state index is 13.9. The van der Waals surface area contributed by atoms with E-state index in [0.29, 0.717) is 0 Å². The summed E-state index contributed by atoms with van der Waals surface area (Å²) < 4.78 is 52.3. The van der Waals surface area contributed by atoms with Crippen molar-refractivity contribution in [3.8, 4) is 18.1 Å². The standard InChI is InChI=1S/C24H27BrFN6O7P/c1-5-24(17(33)10-18(38-24)32-12-28-19-20(27)29-23(26)30-21(19)32)11-36-40(35,31-14(4)22(34)37-13(2)3)39-16-8-6-15(25)7-9-16/h1,6-9,12-14,17-18,33H,10-11H2,2-4H3,(H,31,35)(H2,27,29,30)/t14-,17-,18+,24+,40?/m0/s1. The van der Waals surface area contributed by atoms with Crippen molar-refractivity contribution in [1.29, 1.82) is 0 Å². The van der Waals surface area contributed by atoms with Gasteiger partial charge in [0.1, 0.15) is 30.7 Å². The van der Waals surface area contributed by atoms with Crippen LogP contribution in [0, 0.1) is 18.4 Å². The number of carbonyl (C=O) groups excluding carboxylic acids is 1. The van der Waals surface area contributed by atoms with Gasteiger partial charge >= 0.3 is 19.8 Å². The average molecular weight is 641 g/mol. The Morgan fingerprint density at radius 2 is 2.10 bits per heavy atom. The van der Waals surface area contributed by atoms with Crippen LogP contribution in [0.15, 0.2) is 35.1 Å². The molecular weight excluding hydrogens is 614 g/mol. The normalized spacial score (nSPS) is 23.1. The van der Waals surface area contributed by atoms with Gasteiger partial charge in [-0.3, -0.25) is 13.9 Å². The Hall–Kier alpha value is -3.12. The second kappa shape index (κ2) is 11.8. The van der Waals surface area contributed by atoms with E-state index in [-0.39, 0.29) is 29.2 Å². The van der Waals surface area contributed by atoms with Crippen LogP contribution in [0.25, 0.3) is 11.2 Å². The molecule has 214 valence electrons. The smallest absolute Gasteiger partial charge is 0.459 e. The van der Waals surface area contributed by atoms with Gasteiger partial charge in [-0.1, -0.05) is 21.9 Å². The molecule has 1 unspecified atom stereocenters. The molecule has 4 rings (SSSR count). The summed E-state index contributed by atoms with van der Waals surface area (Å²) in [6.45, 7) is 4.15. The molecule has 3 heterocycles. The molecular formula is C24H27BrFN6O7P. The van der Waals surface area contributed by atoms with Gasteiger partial charge in [-0.15, -0.1) is 6.42 Å². The molecule has 16 heteroatoms. The highest BCUT2D eigenvalue weighted by Gasteiger charge is 2.50. The van der Waals surface area contributed by atoms with Crippen LogP contribution < -0.4 is 15.3 Å². The van der Waals surface area contributed by atoms with Gasteiger partial charge in [0.05, 0.1) is 12.4 Å². The number of ether oxygens (including phenoxy) is 2. The number of nitrogens with zero attached hydrogens (tertiary/aromatic N) is 4. The molecule has 5 atom stereocenters. The van der Waals surface area contributed by atoms with Crippen LogP contribution in [0.4, 0.5) is 10.2 Å². The zero-order valence-electron chi connectivity index (χ0n) is 21.7. The number of fused-ring (bicyclic) bond motifs is 1. The summed E-state index contributed by atoms with van der Waals surface area (Å²) in [5.74, 6) is 1.67. The highest BCUT2D eigenvalue weighted by molar-refractivity contribution is 9.10. The van der Waals surface area contributed by atoms with Crippen LogP contribution in [0.2, 0.25) is 0 Å². The first-order valence-corrected chi connectivity index (χ1v) is 14.4. The fraction of sp³-hybridized carbons (Fsp3) is 0.417. The Morgan fingerprint density at radius 1 is 1.40 bits per heavy atom. The number of halogens is 2. The molecule has 0 saturated carbocycles. The molecule has 1 saturated heterocycles. The van der Waals surface area contributed by atoms with Gasteiger partial charge in [0.25, 0.3) is 0 Å². The predicted octanol–water partition coefficient (Wildman–Crippen LogP) is 3.10. The fourth-order valence-corrected chi connectivity index (χ4v) is 5.66. The second-order valence-electron chi connectivity index (χ2n) is 9.21. The molecule has 0 bridgehead atoms. The number of hydrogen-bond acceptors (Lipinski definition) is 11. The number of hydrogen-bond donors (Lipinski definition) is 3. The van der Waals surface area contributed by atoms with E-state index >= 15 is 0 Å². The number of benzene rings is 1. The molecule has 0 spiro atoms. The molecule has 1 aliphatic rings. The van der Waals surface area contributed by atoms with Crippen LogP contribution in [-0.2, 0) is 23.4 Å². The maximum Gasteiger partial charge on any atom is 0.459 e. The van der Waals surface area contributed by atoms with Gasteiger partial charge in [0.15, 0.2) is 22.6 Å². The summed E-state index contributed by atoms with van der Waals surface area (Å²) in [5.41, 5.74) is 4.07. The number of terminal acetylenes is 1. The minimum atomic E-state index is -4.34. The number of esters is 1. The first-order valence-electron chi connectivity index (χ1n) is 12.0. The van der Waals surface area contributed by atoms with Gasteiger partial charge < -0.3 is 24.8 Å². The van der Waals surface area contributed by atoms with Crippen molar-refractivity contribution in [2.45, 2.75) is 57.3 Å². The summed E-state index contributed by atoms with van der Waals surface area (Å²) >= 11 is 3.31. The van der Waals surface area contributed by atoms with Crippen LogP contribution >= 0.6 is 23.7 Å². The summed E-state index contributed by atoms with van der Waals surface area (Å²) in [7, 11) is -4.34. The first-order chi connectivity index (χ1) is 18.8. The topological polar surface area (TPSA) is 173 Å². The molecule has 13 nitrogen and oxygen atoms in total. The van der Waals surface area contributed by atoms with Crippen LogP contribution in [-0.4, -0.2) is 61.1 Å². The Balaban J connectivity index is 1.58. The zero-order valence-corrected chi connectivity index (χ0v) is 24.1. The summed E-state index contributed by atoms with van der Waals surface area (Å²) in [6.07, 6.45) is 3.21. The number of imidazole rings is 1. The monoisotopic (exact) mass is 640 g/mol. The van der Waals surface area contributed by atoms with Gasteiger partial charge in [0, 0.05) is 10.9 Å². The van der Waals surface area contributed by atoms with E-state index in [0.717, 1.165) is 4.47 Å². The lowest BCUT2D eigenvalue weighted by Gasteiger charge is -2.29. The van der Waals surface area contributed by atoms with Crippen molar-refractivity contribution >= 4 is 46.6 Å². The van der Waals surface area contributed by atoms with E-state index < -0.39 is 56.5 Å². The molecule has 0 amide bonds. The van der Waals surface area contributed by atoms with Crippen LogP contribution in [0.1, 0.15) is 33.4 Å². The number of nitrogen functional groups attached to an aromatic ring is 1. The predicted molar refractivity (Wildman–Crippen MR) is 144 cm³/mol. The van der Waals surface area contributed by atoms with Crippen molar-refractivity contribution in [3.63, 3.8) is 0 Å². The highest BCUT2D eigenvalue weighted by Crippen LogP contribution is 2.48. The third-order valence-electron chi connectivity index (χ3n) is 5.83. The number of nitrogens with two attached hydrogens (primary N) is 1. The molecule has 4 N–H and O–H groups in total. The van der Waals surface area contributed by atoms with E-state index in [1.807, 2.05) is 0 Å². The zero-order chi connectivity index (χ0) is 29.2. The van der Waals surface area contributed by atoms with Crippen molar-refractivity contribution in [1.82, 2.24) is 24.6 Å². The van der Waals surface area contributed by atoms with Gasteiger partial charge in [-0.2, -0.15) is 19.4 Å². The number of carbonyl (C=O) groups is 1. The van der Waals surface area contributed by atoms with Gasteiger partial charge in [-0.05, 0) is 45.0 Å². The fourth-order valence-electron chi connectivity index (χ4n) is 3.87. The third-order valence-corrected chi connectivity index (χ3v) is 7.98. The SMILES string of the molecule is C#C[C@]1(COP(=O)(N[C@@H](C)C(=O)OC(C)C)Oc2ccc(Br)cc2)O[C@@H](n2cnc3c(N)nc(F)nc32)C[C@@H]1O. The molecule has 1 aliphatic heterocycles. The number of nitrogens with one attached hydrogen (secondary N) is 1. The molecule has 40 heavy (non-hydrogen) atoms. The van der Waals surface area contributed by atoms with E-state index in [1.54, 1.807) is 26.0 Å². The van der Waals surface area contributed by atoms with E-state index in [2.05, 4.69) is 41.9 Å². The Bertz CT molecular complexity index is 1480. The summed E-state index contributed by atoms with van der Waals surface area (Å²) in [6, 6.07) is 5.27. The summed E-state index contributed by atoms with van der Waals surface area (Å²) in [4.78, 5) is 23.7. The Kier molecular flexibility index (Phi) is 8.79. The molecule has 0 aliphatic carbocycles. The third kappa shape index (κ3) is 6.43. The second-order valence-corrected chi connectivity index (χ2v) is 11.8. The lowest BCUT2D eigenvalue weighted by Crippen LogP contribution is -2.44. The Labute approximate surface area is 237 Å². The van der Waals surface area contributed by atoms with Crippen molar-refractivity contribution in [2.24, 2.45) is 0 Å². The van der Waals surface area contributed by atoms with E-state index in [9.17, 15) is 18.9 Å². The highest BCUT2D eigenvalue weighted by atomic mass is 79.9. The largest absolute Gasteiger partial charge is 0.462 e. The van der Waals surface area contributed by atoms with E-state index in [1.165, 1.54) is 30.0 Å². The molecule has 2 aromatic heterocycles. The number of rotatable bonds is 10. The Morgan fingerprint density at radius 3 is 2.75 bits per heavy atom. The number of aliphatic hydroxyl groups excluding tert-OH is 1. The van der Waals surface area contributed by atoms with Crippen molar-refractivity contribution in [2.75, 3.05) is 12.3 Å². The lowest BCUT2D eigenvalue weighted by atomic mass is 9.99.